The first-order valence-corrected chi connectivity index (χ1v) is 9.23. The second-order valence-corrected chi connectivity index (χ2v) is 7.28. The molecule has 0 radical (unpaired) electrons. The van der Waals surface area contributed by atoms with Gasteiger partial charge in [-0.05, 0) is 55.8 Å². The largest absolute Gasteiger partial charge is 0.317 e. The zero-order valence-electron chi connectivity index (χ0n) is 13.4. The van der Waals surface area contributed by atoms with Crippen LogP contribution in [0.3, 0.4) is 0 Å². The van der Waals surface area contributed by atoms with Crippen LogP contribution in [0, 0.1) is 5.92 Å². The third-order valence-corrected chi connectivity index (χ3v) is 5.73. The first kappa shape index (κ1) is 15.7. The standard InChI is InChI=1S/C19H26N2S/c1-16(19-8-5-13-22-19)21(14-17-6-3-2-4-7-17)15-18-9-11-20-12-10-18/h2-8,13,16,18,20H,9-12,14-15H2,1H3. The summed E-state index contributed by atoms with van der Waals surface area (Å²) in [5, 5.41) is 5.67. The molecule has 1 aliphatic rings. The quantitative estimate of drug-likeness (QED) is 0.854. The summed E-state index contributed by atoms with van der Waals surface area (Å²) < 4.78 is 0. The van der Waals surface area contributed by atoms with Crippen molar-refractivity contribution in [1.29, 1.82) is 0 Å². The SMILES string of the molecule is CC(c1cccs1)N(Cc1ccccc1)CC1CCNCC1. The monoisotopic (exact) mass is 314 g/mol. The van der Waals surface area contributed by atoms with Gasteiger partial charge in [-0.15, -0.1) is 11.3 Å². The molecule has 1 atom stereocenters. The first-order chi connectivity index (χ1) is 10.8. The average Bonchev–Trinajstić information content (AvgIpc) is 3.10. The lowest BCUT2D eigenvalue weighted by molar-refractivity contribution is 0.155. The van der Waals surface area contributed by atoms with Gasteiger partial charge in [0.1, 0.15) is 0 Å². The molecule has 1 unspecified atom stereocenters. The molecule has 22 heavy (non-hydrogen) atoms. The zero-order valence-corrected chi connectivity index (χ0v) is 14.2. The van der Waals surface area contributed by atoms with Crippen molar-refractivity contribution in [3.63, 3.8) is 0 Å². The third-order valence-electron chi connectivity index (χ3n) is 4.68. The Hall–Kier alpha value is -1.16. The van der Waals surface area contributed by atoms with E-state index in [1.165, 1.54) is 42.9 Å². The fraction of sp³-hybridized carbons (Fsp3) is 0.474. The van der Waals surface area contributed by atoms with E-state index in [0.29, 0.717) is 6.04 Å². The van der Waals surface area contributed by atoms with Gasteiger partial charge in [-0.3, -0.25) is 4.90 Å². The average molecular weight is 314 g/mol. The fourth-order valence-electron chi connectivity index (χ4n) is 3.28. The molecule has 2 nitrogen and oxygen atoms in total. The summed E-state index contributed by atoms with van der Waals surface area (Å²) >= 11 is 1.88. The van der Waals surface area contributed by atoms with Crippen molar-refractivity contribution < 1.29 is 0 Å². The number of nitrogens with zero attached hydrogens (tertiary/aromatic N) is 1. The van der Waals surface area contributed by atoms with Crippen molar-refractivity contribution in [2.75, 3.05) is 19.6 Å². The predicted molar refractivity (Wildman–Crippen MR) is 95.2 cm³/mol. The lowest BCUT2D eigenvalue weighted by Gasteiger charge is -2.34. The second-order valence-electron chi connectivity index (χ2n) is 6.30. The molecule has 1 aliphatic heterocycles. The molecule has 2 heterocycles. The Morgan fingerprint density at radius 1 is 1.14 bits per heavy atom. The lowest BCUT2D eigenvalue weighted by atomic mass is 9.96. The molecule has 1 saturated heterocycles. The molecule has 118 valence electrons. The Morgan fingerprint density at radius 2 is 1.91 bits per heavy atom. The van der Waals surface area contributed by atoms with E-state index in [1.54, 1.807) is 0 Å². The summed E-state index contributed by atoms with van der Waals surface area (Å²) in [7, 11) is 0. The predicted octanol–water partition coefficient (Wildman–Crippen LogP) is 4.31. The molecule has 0 saturated carbocycles. The van der Waals surface area contributed by atoms with Crippen molar-refractivity contribution in [1.82, 2.24) is 10.2 Å². The van der Waals surface area contributed by atoms with E-state index in [0.717, 1.165) is 12.5 Å². The highest BCUT2D eigenvalue weighted by atomic mass is 32.1. The summed E-state index contributed by atoms with van der Waals surface area (Å²) in [5.74, 6) is 0.826. The van der Waals surface area contributed by atoms with Crippen LogP contribution in [0.25, 0.3) is 0 Å². The Bertz CT molecular complexity index is 532. The van der Waals surface area contributed by atoms with Crippen LogP contribution in [0.4, 0.5) is 0 Å². The molecule has 2 aromatic rings. The number of hydrogen-bond donors (Lipinski definition) is 1. The van der Waals surface area contributed by atoms with E-state index in [9.17, 15) is 0 Å². The van der Waals surface area contributed by atoms with Crippen LogP contribution in [0.15, 0.2) is 47.8 Å². The highest BCUT2D eigenvalue weighted by Crippen LogP contribution is 2.28. The number of benzene rings is 1. The summed E-state index contributed by atoms with van der Waals surface area (Å²) in [6, 6.07) is 15.8. The number of thiophene rings is 1. The summed E-state index contributed by atoms with van der Waals surface area (Å²) in [6.07, 6.45) is 2.62. The molecular formula is C19H26N2S. The number of piperidine rings is 1. The minimum absolute atomic E-state index is 0.495. The minimum Gasteiger partial charge on any atom is -0.317 e. The van der Waals surface area contributed by atoms with E-state index >= 15 is 0 Å². The van der Waals surface area contributed by atoms with Crippen LogP contribution in [0.5, 0.6) is 0 Å². The minimum atomic E-state index is 0.495. The van der Waals surface area contributed by atoms with E-state index in [4.69, 9.17) is 0 Å². The molecule has 0 aliphatic carbocycles. The van der Waals surface area contributed by atoms with Gasteiger partial charge in [0, 0.05) is 24.0 Å². The van der Waals surface area contributed by atoms with Gasteiger partial charge in [-0.25, -0.2) is 0 Å². The summed E-state index contributed by atoms with van der Waals surface area (Å²) in [4.78, 5) is 4.14. The van der Waals surface area contributed by atoms with Crippen molar-refractivity contribution in [3.05, 3.63) is 58.3 Å². The van der Waals surface area contributed by atoms with Crippen LogP contribution in [-0.4, -0.2) is 24.5 Å². The maximum atomic E-state index is 3.48. The first-order valence-electron chi connectivity index (χ1n) is 8.35. The van der Waals surface area contributed by atoms with Gasteiger partial charge >= 0.3 is 0 Å². The van der Waals surface area contributed by atoms with E-state index in [1.807, 2.05) is 11.3 Å². The van der Waals surface area contributed by atoms with Gasteiger partial charge in [0.25, 0.3) is 0 Å². The Labute approximate surface area is 138 Å². The number of hydrogen-bond acceptors (Lipinski definition) is 3. The maximum absolute atomic E-state index is 3.48. The van der Waals surface area contributed by atoms with Crippen molar-refractivity contribution in [3.8, 4) is 0 Å². The van der Waals surface area contributed by atoms with Crippen molar-refractivity contribution in [2.45, 2.75) is 32.4 Å². The zero-order chi connectivity index (χ0) is 15.2. The van der Waals surface area contributed by atoms with Gasteiger partial charge in [0.15, 0.2) is 0 Å². The molecule has 1 aromatic carbocycles. The molecule has 1 fully saturated rings. The van der Waals surface area contributed by atoms with Gasteiger partial charge < -0.3 is 5.32 Å². The van der Waals surface area contributed by atoms with Crippen LogP contribution in [0.2, 0.25) is 0 Å². The molecular weight excluding hydrogens is 288 g/mol. The third kappa shape index (κ3) is 4.19. The number of nitrogens with one attached hydrogen (secondary N) is 1. The molecule has 3 heteroatoms. The smallest absolute Gasteiger partial charge is 0.0416 e. The second kappa shape index (κ2) is 7.91. The molecule has 3 rings (SSSR count). The maximum Gasteiger partial charge on any atom is 0.0416 e. The van der Waals surface area contributed by atoms with Crippen LogP contribution in [0.1, 0.15) is 36.2 Å². The molecule has 0 spiro atoms. The normalized spacial score (nSPS) is 17.7. The van der Waals surface area contributed by atoms with E-state index < -0.39 is 0 Å². The van der Waals surface area contributed by atoms with Crippen LogP contribution in [-0.2, 0) is 6.54 Å². The van der Waals surface area contributed by atoms with Crippen LogP contribution >= 0.6 is 11.3 Å². The van der Waals surface area contributed by atoms with Crippen LogP contribution < -0.4 is 5.32 Å². The van der Waals surface area contributed by atoms with E-state index in [-0.39, 0.29) is 0 Å². The molecule has 0 bridgehead atoms. The highest BCUT2D eigenvalue weighted by molar-refractivity contribution is 7.10. The van der Waals surface area contributed by atoms with Crippen molar-refractivity contribution in [2.24, 2.45) is 5.92 Å². The van der Waals surface area contributed by atoms with Gasteiger partial charge in [-0.1, -0.05) is 36.4 Å². The molecule has 1 N–H and O–H groups in total. The number of rotatable bonds is 6. The van der Waals surface area contributed by atoms with E-state index in [2.05, 4.69) is 65.0 Å². The lowest BCUT2D eigenvalue weighted by Crippen LogP contribution is -2.37. The fourth-order valence-corrected chi connectivity index (χ4v) is 4.10. The summed E-state index contributed by atoms with van der Waals surface area (Å²) in [6.45, 7) is 6.96. The van der Waals surface area contributed by atoms with Gasteiger partial charge in [-0.2, -0.15) is 0 Å². The highest BCUT2D eigenvalue weighted by Gasteiger charge is 2.22. The molecule has 0 amide bonds. The Kier molecular flexibility index (Phi) is 5.65. The molecule has 1 aromatic heterocycles. The Morgan fingerprint density at radius 3 is 2.59 bits per heavy atom. The van der Waals surface area contributed by atoms with Crippen molar-refractivity contribution >= 4 is 11.3 Å². The van der Waals surface area contributed by atoms with Gasteiger partial charge in [0.05, 0.1) is 0 Å². The van der Waals surface area contributed by atoms with Gasteiger partial charge in [0.2, 0.25) is 0 Å². The Balaban J connectivity index is 1.72. The topological polar surface area (TPSA) is 15.3 Å². The summed E-state index contributed by atoms with van der Waals surface area (Å²) in [5.41, 5.74) is 1.42.